The van der Waals surface area contributed by atoms with Crippen molar-refractivity contribution in [2.45, 2.75) is 32.7 Å². The number of imidazole rings is 1. The molecule has 110 valence electrons. The number of nitrogens with zero attached hydrogens (tertiary/aromatic N) is 4. The van der Waals surface area contributed by atoms with Crippen molar-refractivity contribution >= 4 is 5.91 Å². The molecule has 3 heterocycles. The minimum Gasteiger partial charge on any atom is -0.342 e. The van der Waals surface area contributed by atoms with Gasteiger partial charge in [-0.15, -0.1) is 0 Å². The first-order chi connectivity index (χ1) is 9.64. The molecule has 1 spiro atoms. The molecule has 0 aliphatic carbocycles. The number of hydrogen-bond acceptors (Lipinski definition) is 3. The van der Waals surface area contributed by atoms with Crippen molar-refractivity contribution in [3.63, 3.8) is 0 Å². The second-order valence-electron chi connectivity index (χ2n) is 6.24. The zero-order valence-electron chi connectivity index (χ0n) is 12.5. The lowest BCUT2D eigenvalue weighted by atomic mass is 9.85. The van der Waals surface area contributed by atoms with Crippen molar-refractivity contribution in [2.75, 3.05) is 26.2 Å². The van der Waals surface area contributed by atoms with Crippen molar-refractivity contribution in [3.8, 4) is 0 Å². The van der Waals surface area contributed by atoms with E-state index in [1.165, 1.54) is 0 Å². The van der Waals surface area contributed by atoms with E-state index < -0.39 is 0 Å². The van der Waals surface area contributed by atoms with Crippen molar-refractivity contribution in [1.29, 1.82) is 0 Å². The Kier molecular flexibility index (Phi) is 3.54. The Hall–Kier alpha value is -1.36. The maximum atomic E-state index is 12.6. The van der Waals surface area contributed by atoms with E-state index in [4.69, 9.17) is 0 Å². The summed E-state index contributed by atoms with van der Waals surface area (Å²) in [6.07, 6.45) is 6.91. The van der Waals surface area contributed by atoms with Crippen LogP contribution in [0.25, 0.3) is 0 Å². The number of aryl methyl sites for hydroxylation is 1. The van der Waals surface area contributed by atoms with Gasteiger partial charge in [-0.05, 0) is 25.8 Å². The highest BCUT2D eigenvalue weighted by molar-refractivity contribution is 5.85. The van der Waals surface area contributed by atoms with Gasteiger partial charge >= 0.3 is 0 Å². The molecule has 0 bridgehead atoms. The van der Waals surface area contributed by atoms with Crippen LogP contribution in [0.15, 0.2) is 12.4 Å². The number of carbonyl (C=O) groups is 1. The second kappa shape index (κ2) is 5.20. The summed E-state index contributed by atoms with van der Waals surface area (Å²) in [5.74, 6) is 1.47. The smallest absolute Gasteiger partial charge is 0.230 e. The Balaban J connectivity index is 1.65. The Morgan fingerprint density at radius 2 is 2.15 bits per heavy atom. The van der Waals surface area contributed by atoms with Crippen molar-refractivity contribution in [1.82, 2.24) is 19.4 Å². The fraction of sp³-hybridized carbons (Fsp3) is 0.733. The van der Waals surface area contributed by atoms with Gasteiger partial charge in [0.05, 0.1) is 12.0 Å². The molecular formula is C15H24N4O. The van der Waals surface area contributed by atoms with E-state index in [0.29, 0.717) is 5.91 Å². The van der Waals surface area contributed by atoms with Gasteiger partial charge in [-0.3, -0.25) is 9.69 Å². The van der Waals surface area contributed by atoms with Gasteiger partial charge in [0.25, 0.3) is 0 Å². The molecule has 0 radical (unpaired) electrons. The van der Waals surface area contributed by atoms with Crippen molar-refractivity contribution < 1.29 is 4.79 Å². The maximum absolute atomic E-state index is 12.6. The third-order valence-electron chi connectivity index (χ3n) is 4.81. The molecule has 1 aromatic heterocycles. The molecule has 2 aliphatic heterocycles. The van der Waals surface area contributed by atoms with Crippen LogP contribution in [-0.2, 0) is 18.4 Å². The number of aromatic nitrogens is 2. The van der Waals surface area contributed by atoms with Crippen LogP contribution < -0.4 is 0 Å². The van der Waals surface area contributed by atoms with Crippen molar-refractivity contribution in [2.24, 2.45) is 12.5 Å². The molecule has 1 atom stereocenters. The molecule has 1 unspecified atom stereocenters. The van der Waals surface area contributed by atoms with E-state index in [-0.39, 0.29) is 5.41 Å². The van der Waals surface area contributed by atoms with Crippen LogP contribution >= 0.6 is 0 Å². The van der Waals surface area contributed by atoms with Crippen molar-refractivity contribution in [3.05, 3.63) is 18.2 Å². The van der Waals surface area contributed by atoms with Gasteiger partial charge in [-0.1, -0.05) is 6.92 Å². The Labute approximate surface area is 120 Å². The van der Waals surface area contributed by atoms with Crippen LogP contribution in [0.3, 0.4) is 0 Å². The second-order valence-corrected chi connectivity index (χ2v) is 6.24. The molecule has 20 heavy (non-hydrogen) atoms. The lowest BCUT2D eigenvalue weighted by Crippen LogP contribution is -2.37. The van der Waals surface area contributed by atoms with Gasteiger partial charge in [-0.2, -0.15) is 0 Å². The molecule has 5 heteroatoms. The molecule has 2 saturated heterocycles. The fourth-order valence-electron chi connectivity index (χ4n) is 3.60. The monoisotopic (exact) mass is 276 g/mol. The molecule has 5 nitrogen and oxygen atoms in total. The normalized spacial score (nSPS) is 27.1. The standard InChI is InChI=1S/C15H24N4O/c1-3-7-19-9-5-15(14(19)20)4-8-18(12-15)11-13-16-6-10-17(13)2/h6,10H,3-5,7-9,11-12H2,1-2H3. The molecule has 3 rings (SSSR count). The molecule has 2 aliphatic rings. The predicted octanol–water partition coefficient (Wildman–Crippen LogP) is 1.25. The van der Waals surface area contributed by atoms with Crippen LogP contribution in [0.4, 0.5) is 0 Å². The average Bonchev–Trinajstić information content (AvgIpc) is 3.10. The zero-order chi connectivity index (χ0) is 14.2. The molecule has 0 aromatic carbocycles. The first-order valence-electron chi connectivity index (χ1n) is 7.62. The third kappa shape index (κ3) is 2.24. The van der Waals surface area contributed by atoms with Crippen LogP contribution in [0, 0.1) is 5.41 Å². The highest BCUT2D eigenvalue weighted by atomic mass is 16.2. The zero-order valence-corrected chi connectivity index (χ0v) is 12.5. The first-order valence-corrected chi connectivity index (χ1v) is 7.62. The van der Waals surface area contributed by atoms with E-state index in [1.54, 1.807) is 0 Å². The lowest BCUT2D eigenvalue weighted by Gasteiger charge is -2.23. The number of hydrogen-bond donors (Lipinski definition) is 0. The summed E-state index contributed by atoms with van der Waals surface area (Å²) in [6, 6.07) is 0. The summed E-state index contributed by atoms with van der Waals surface area (Å²) in [4.78, 5) is 21.4. The first kappa shape index (κ1) is 13.6. The highest BCUT2D eigenvalue weighted by Crippen LogP contribution is 2.40. The minimum atomic E-state index is -0.0969. The van der Waals surface area contributed by atoms with Gasteiger partial charge in [0, 0.05) is 39.1 Å². The summed E-state index contributed by atoms with van der Waals surface area (Å²) >= 11 is 0. The number of rotatable bonds is 4. The summed E-state index contributed by atoms with van der Waals surface area (Å²) in [5, 5.41) is 0. The summed E-state index contributed by atoms with van der Waals surface area (Å²) in [5.41, 5.74) is -0.0969. The third-order valence-corrected chi connectivity index (χ3v) is 4.81. The quantitative estimate of drug-likeness (QED) is 0.831. The maximum Gasteiger partial charge on any atom is 0.230 e. The predicted molar refractivity (Wildman–Crippen MR) is 77.0 cm³/mol. The summed E-state index contributed by atoms with van der Waals surface area (Å²) < 4.78 is 2.06. The van der Waals surface area contributed by atoms with E-state index >= 15 is 0 Å². The largest absolute Gasteiger partial charge is 0.342 e. The van der Waals surface area contributed by atoms with Gasteiger partial charge < -0.3 is 9.47 Å². The van der Waals surface area contributed by atoms with Gasteiger partial charge in [-0.25, -0.2) is 4.98 Å². The van der Waals surface area contributed by atoms with E-state index in [0.717, 1.165) is 57.8 Å². The van der Waals surface area contributed by atoms with Gasteiger partial charge in [0.2, 0.25) is 5.91 Å². The SMILES string of the molecule is CCCN1CCC2(CCN(Cc3nccn3C)C2)C1=O. The van der Waals surface area contributed by atoms with Gasteiger partial charge in [0.15, 0.2) is 0 Å². The molecule has 1 aromatic rings. The summed E-state index contributed by atoms with van der Waals surface area (Å²) in [6.45, 7) is 6.77. The van der Waals surface area contributed by atoms with Crippen LogP contribution in [-0.4, -0.2) is 51.4 Å². The van der Waals surface area contributed by atoms with E-state index in [2.05, 4.69) is 26.3 Å². The van der Waals surface area contributed by atoms with E-state index in [9.17, 15) is 4.79 Å². The molecular weight excluding hydrogens is 252 g/mol. The van der Waals surface area contributed by atoms with Crippen LogP contribution in [0.1, 0.15) is 32.0 Å². The Morgan fingerprint density at radius 3 is 2.85 bits per heavy atom. The molecule has 0 saturated carbocycles. The fourth-order valence-corrected chi connectivity index (χ4v) is 3.60. The Bertz CT molecular complexity index is 498. The molecule has 0 N–H and O–H groups in total. The summed E-state index contributed by atoms with van der Waals surface area (Å²) in [7, 11) is 2.03. The number of likely N-dealkylation sites (tertiary alicyclic amines) is 2. The van der Waals surface area contributed by atoms with Crippen LogP contribution in [0.5, 0.6) is 0 Å². The average molecular weight is 276 g/mol. The Morgan fingerprint density at radius 1 is 1.35 bits per heavy atom. The lowest BCUT2D eigenvalue weighted by molar-refractivity contribution is -0.135. The van der Waals surface area contributed by atoms with Crippen LogP contribution in [0.2, 0.25) is 0 Å². The molecule has 2 fully saturated rings. The number of carbonyl (C=O) groups excluding carboxylic acids is 1. The van der Waals surface area contributed by atoms with E-state index in [1.807, 2.05) is 19.4 Å². The highest BCUT2D eigenvalue weighted by Gasteiger charge is 2.50. The molecule has 1 amide bonds. The minimum absolute atomic E-state index is 0.0969. The van der Waals surface area contributed by atoms with Gasteiger partial charge in [0.1, 0.15) is 5.82 Å². The number of amides is 1. The topological polar surface area (TPSA) is 41.4 Å².